The third-order valence-electron chi connectivity index (χ3n) is 2.12. The average molecular weight is 312 g/mol. The Morgan fingerprint density at radius 1 is 1.28 bits per heavy atom. The van der Waals surface area contributed by atoms with E-state index in [9.17, 15) is 9.59 Å². The number of allylic oxidation sites excluding steroid dienone is 1. The van der Waals surface area contributed by atoms with Gasteiger partial charge in [0.2, 0.25) is 5.91 Å². The molecule has 0 radical (unpaired) electrons. The minimum absolute atomic E-state index is 0.204. The minimum Gasteiger partial charge on any atom is -0.383 e. The number of hydrogen-bond acceptors (Lipinski definition) is 3. The molecular weight excluding hydrogens is 298 g/mol. The van der Waals surface area contributed by atoms with Crippen molar-refractivity contribution < 1.29 is 14.3 Å². The summed E-state index contributed by atoms with van der Waals surface area (Å²) in [6, 6.07) is 6.94. The number of carbonyl (C=O) groups is 2. The van der Waals surface area contributed by atoms with Gasteiger partial charge in [-0.05, 0) is 30.3 Å². The Bertz CT molecular complexity index is 440. The first-order valence-corrected chi connectivity index (χ1v) is 6.17. The summed E-state index contributed by atoms with van der Waals surface area (Å²) >= 11 is 3.29. The highest BCUT2D eigenvalue weighted by Gasteiger charge is 2.02. The number of hydrogen-bond donors (Lipinski definition) is 1. The molecule has 18 heavy (non-hydrogen) atoms. The van der Waals surface area contributed by atoms with E-state index in [2.05, 4.69) is 21.2 Å². The van der Waals surface area contributed by atoms with Gasteiger partial charge in [-0.15, -0.1) is 0 Å². The van der Waals surface area contributed by atoms with Gasteiger partial charge >= 0.3 is 0 Å². The van der Waals surface area contributed by atoms with Gasteiger partial charge in [0.25, 0.3) is 0 Å². The van der Waals surface area contributed by atoms with Crippen LogP contribution in [-0.2, 0) is 9.53 Å². The molecule has 0 aliphatic heterocycles. The normalized spacial score (nSPS) is 10.6. The van der Waals surface area contributed by atoms with E-state index in [0.29, 0.717) is 18.7 Å². The number of amides is 1. The maximum absolute atomic E-state index is 11.7. The average Bonchev–Trinajstić information content (AvgIpc) is 2.37. The minimum atomic E-state index is -0.308. The number of halogens is 1. The molecule has 0 heterocycles. The lowest BCUT2D eigenvalue weighted by Crippen LogP contribution is -2.25. The zero-order chi connectivity index (χ0) is 13.4. The molecule has 96 valence electrons. The number of rotatable bonds is 6. The highest BCUT2D eigenvalue weighted by molar-refractivity contribution is 9.10. The van der Waals surface area contributed by atoms with Crippen molar-refractivity contribution in [1.82, 2.24) is 5.32 Å². The maximum atomic E-state index is 11.7. The number of ether oxygens (including phenoxy) is 1. The van der Waals surface area contributed by atoms with Crippen molar-refractivity contribution in [2.75, 3.05) is 20.3 Å². The smallest absolute Gasteiger partial charge is 0.244 e. The fourth-order valence-electron chi connectivity index (χ4n) is 1.20. The Morgan fingerprint density at radius 3 is 2.56 bits per heavy atom. The van der Waals surface area contributed by atoms with Gasteiger partial charge in [0.1, 0.15) is 0 Å². The lowest BCUT2D eigenvalue weighted by Gasteiger charge is -2.00. The first kappa shape index (κ1) is 14.6. The monoisotopic (exact) mass is 311 g/mol. The van der Waals surface area contributed by atoms with E-state index in [0.717, 1.165) is 4.47 Å². The van der Waals surface area contributed by atoms with E-state index in [1.807, 2.05) is 0 Å². The number of carbonyl (C=O) groups excluding carboxylic acids is 2. The zero-order valence-electron chi connectivity index (χ0n) is 9.98. The Kier molecular flexibility index (Phi) is 6.32. The Hall–Kier alpha value is -1.46. The molecule has 0 aliphatic rings. The number of methoxy groups -OCH3 is 1. The van der Waals surface area contributed by atoms with E-state index in [1.165, 1.54) is 12.2 Å². The molecule has 0 spiro atoms. The van der Waals surface area contributed by atoms with Crippen LogP contribution in [-0.4, -0.2) is 32.0 Å². The molecular formula is C13H14BrNO3. The zero-order valence-corrected chi connectivity index (χ0v) is 11.6. The van der Waals surface area contributed by atoms with Gasteiger partial charge in [-0.1, -0.05) is 15.9 Å². The third-order valence-corrected chi connectivity index (χ3v) is 2.65. The lowest BCUT2D eigenvalue weighted by molar-refractivity contribution is -0.116. The van der Waals surface area contributed by atoms with Crippen LogP contribution < -0.4 is 5.32 Å². The highest BCUT2D eigenvalue weighted by atomic mass is 79.9. The first-order chi connectivity index (χ1) is 8.63. The summed E-state index contributed by atoms with van der Waals surface area (Å²) in [5, 5.41) is 2.59. The van der Waals surface area contributed by atoms with E-state index >= 15 is 0 Å². The molecule has 1 N–H and O–H groups in total. The molecule has 0 saturated carbocycles. The number of nitrogens with one attached hydrogen (secondary N) is 1. The van der Waals surface area contributed by atoms with Crippen LogP contribution in [0.1, 0.15) is 10.4 Å². The summed E-state index contributed by atoms with van der Waals surface area (Å²) in [5.41, 5.74) is 0.541. The van der Waals surface area contributed by atoms with Crippen molar-refractivity contribution in [3.8, 4) is 0 Å². The van der Waals surface area contributed by atoms with Crippen LogP contribution in [0.3, 0.4) is 0 Å². The van der Waals surface area contributed by atoms with Gasteiger partial charge < -0.3 is 10.1 Å². The second-order valence-corrected chi connectivity index (χ2v) is 4.40. The molecule has 1 amide bonds. The van der Waals surface area contributed by atoms with Crippen LogP contribution in [0.5, 0.6) is 0 Å². The van der Waals surface area contributed by atoms with Crippen LogP contribution in [0.2, 0.25) is 0 Å². The Labute approximate surface area is 114 Å². The lowest BCUT2D eigenvalue weighted by atomic mass is 10.1. The third kappa shape index (κ3) is 5.25. The molecule has 0 aromatic heterocycles. The van der Waals surface area contributed by atoms with E-state index in [4.69, 9.17) is 4.74 Å². The van der Waals surface area contributed by atoms with E-state index in [1.54, 1.807) is 31.4 Å². The molecule has 0 unspecified atom stereocenters. The topological polar surface area (TPSA) is 55.4 Å². The Morgan fingerprint density at radius 2 is 1.94 bits per heavy atom. The first-order valence-electron chi connectivity index (χ1n) is 5.38. The van der Waals surface area contributed by atoms with Crippen LogP contribution in [0, 0.1) is 0 Å². The van der Waals surface area contributed by atoms with Crippen molar-refractivity contribution in [3.05, 3.63) is 46.5 Å². The number of ketones is 1. The highest BCUT2D eigenvalue weighted by Crippen LogP contribution is 2.11. The van der Waals surface area contributed by atoms with Crippen molar-refractivity contribution in [2.24, 2.45) is 0 Å². The SMILES string of the molecule is COCCNC(=O)/C=C/C(=O)c1ccc(Br)cc1. The summed E-state index contributed by atoms with van der Waals surface area (Å²) < 4.78 is 5.69. The standard InChI is InChI=1S/C13H14BrNO3/c1-18-9-8-15-13(17)7-6-12(16)10-2-4-11(14)5-3-10/h2-7H,8-9H2,1H3,(H,15,17)/b7-6+. The second kappa shape index (κ2) is 7.79. The van der Waals surface area contributed by atoms with Gasteiger partial charge in [-0.3, -0.25) is 9.59 Å². The van der Waals surface area contributed by atoms with Crippen molar-refractivity contribution in [2.45, 2.75) is 0 Å². The molecule has 0 aliphatic carbocycles. The van der Waals surface area contributed by atoms with Crippen molar-refractivity contribution in [3.63, 3.8) is 0 Å². The molecule has 1 aromatic rings. The van der Waals surface area contributed by atoms with Crippen molar-refractivity contribution in [1.29, 1.82) is 0 Å². The fourth-order valence-corrected chi connectivity index (χ4v) is 1.46. The molecule has 0 fully saturated rings. The summed E-state index contributed by atoms with van der Waals surface area (Å²) in [6.07, 6.45) is 2.48. The van der Waals surface area contributed by atoms with Crippen LogP contribution >= 0.6 is 15.9 Å². The van der Waals surface area contributed by atoms with Gasteiger partial charge in [-0.25, -0.2) is 0 Å². The molecule has 0 atom stereocenters. The predicted octanol–water partition coefficient (Wildman–Crippen LogP) is 1.95. The quantitative estimate of drug-likeness (QED) is 0.496. The molecule has 0 bridgehead atoms. The van der Waals surface area contributed by atoms with Gasteiger partial charge in [0.15, 0.2) is 5.78 Å². The van der Waals surface area contributed by atoms with Gasteiger partial charge in [0, 0.05) is 29.8 Å². The summed E-state index contributed by atoms with van der Waals surface area (Å²) in [4.78, 5) is 23.0. The predicted molar refractivity (Wildman–Crippen MR) is 72.5 cm³/mol. The van der Waals surface area contributed by atoms with Gasteiger partial charge in [-0.2, -0.15) is 0 Å². The molecule has 1 rings (SSSR count). The van der Waals surface area contributed by atoms with E-state index < -0.39 is 0 Å². The van der Waals surface area contributed by atoms with E-state index in [-0.39, 0.29) is 11.7 Å². The Balaban J connectivity index is 2.48. The van der Waals surface area contributed by atoms with Crippen LogP contribution in [0.4, 0.5) is 0 Å². The van der Waals surface area contributed by atoms with Crippen LogP contribution in [0.15, 0.2) is 40.9 Å². The molecule has 0 saturated heterocycles. The van der Waals surface area contributed by atoms with Gasteiger partial charge in [0.05, 0.1) is 6.61 Å². The second-order valence-electron chi connectivity index (χ2n) is 3.49. The summed E-state index contributed by atoms with van der Waals surface area (Å²) in [5.74, 6) is -0.512. The fraction of sp³-hybridized carbons (Fsp3) is 0.231. The number of benzene rings is 1. The maximum Gasteiger partial charge on any atom is 0.244 e. The molecule has 5 heteroatoms. The molecule has 4 nitrogen and oxygen atoms in total. The van der Waals surface area contributed by atoms with Crippen molar-refractivity contribution >= 4 is 27.6 Å². The molecule has 1 aromatic carbocycles. The van der Waals surface area contributed by atoms with Crippen LogP contribution in [0.25, 0.3) is 0 Å². The summed E-state index contributed by atoms with van der Waals surface area (Å²) in [6.45, 7) is 0.867. The largest absolute Gasteiger partial charge is 0.383 e. The summed E-state index contributed by atoms with van der Waals surface area (Å²) in [7, 11) is 1.55.